The summed E-state index contributed by atoms with van der Waals surface area (Å²) in [4.78, 5) is 14.0. The van der Waals surface area contributed by atoms with Gasteiger partial charge in [0.1, 0.15) is 5.75 Å². The molecule has 110 valence electrons. The molecule has 0 bridgehead atoms. The van der Waals surface area contributed by atoms with E-state index >= 15 is 0 Å². The van der Waals surface area contributed by atoms with Crippen molar-refractivity contribution in [1.29, 1.82) is 0 Å². The number of nitrogens with one attached hydrogen (secondary N) is 1. The van der Waals surface area contributed by atoms with Crippen molar-refractivity contribution in [2.45, 2.75) is 19.3 Å². The molecular formula is C15H21ClN2O2. The Morgan fingerprint density at radius 2 is 2.15 bits per heavy atom. The summed E-state index contributed by atoms with van der Waals surface area (Å²) in [6.45, 7) is 3.44. The molecule has 1 amide bonds. The number of aryl methyl sites for hydroxylation is 1. The standard InChI is InChI=1S/C15H21ClN2O2/c1-20-13-6-5-12(14(16)11-13)3-2-4-15(19)18-9-7-17-8-10-18/h5-6,11,17H,2-4,7-10H2,1H3. The van der Waals surface area contributed by atoms with E-state index in [-0.39, 0.29) is 5.91 Å². The number of benzene rings is 1. The number of rotatable bonds is 5. The number of halogens is 1. The molecule has 0 atom stereocenters. The minimum absolute atomic E-state index is 0.246. The lowest BCUT2D eigenvalue weighted by Gasteiger charge is -2.27. The van der Waals surface area contributed by atoms with E-state index in [0.717, 1.165) is 50.3 Å². The summed E-state index contributed by atoms with van der Waals surface area (Å²) in [5.74, 6) is 1.01. The minimum Gasteiger partial charge on any atom is -0.497 e. The van der Waals surface area contributed by atoms with Gasteiger partial charge >= 0.3 is 0 Å². The number of nitrogens with zero attached hydrogens (tertiary/aromatic N) is 1. The van der Waals surface area contributed by atoms with E-state index in [1.807, 2.05) is 23.1 Å². The molecule has 0 radical (unpaired) electrons. The number of methoxy groups -OCH3 is 1. The predicted octanol–water partition coefficient (Wildman–Crippen LogP) is 2.10. The zero-order valence-corrected chi connectivity index (χ0v) is 12.6. The summed E-state index contributed by atoms with van der Waals surface area (Å²) in [6.07, 6.45) is 2.23. The summed E-state index contributed by atoms with van der Waals surface area (Å²) in [7, 11) is 1.62. The summed E-state index contributed by atoms with van der Waals surface area (Å²) in [5, 5.41) is 3.95. The summed E-state index contributed by atoms with van der Waals surface area (Å²) in [6, 6.07) is 5.69. The molecule has 0 unspecified atom stereocenters. The number of piperazine rings is 1. The Kier molecular flexibility index (Phi) is 5.68. The lowest BCUT2D eigenvalue weighted by Crippen LogP contribution is -2.46. The molecule has 1 aliphatic rings. The minimum atomic E-state index is 0.246. The normalized spacial score (nSPS) is 15.2. The molecule has 0 saturated carbocycles. The molecular weight excluding hydrogens is 276 g/mol. The van der Waals surface area contributed by atoms with Crippen LogP contribution in [0.2, 0.25) is 5.02 Å². The first-order valence-electron chi connectivity index (χ1n) is 7.01. The van der Waals surface area contributed by atoms with E-state index in [9.17, 15) is 4.79 Å². The first-order chi connectivity index (χ1) is 9.70. The van der Waals surface area contributed by atoms with Crippen LogP contribution in [0, 0.1) is 0 Å². The fourth-order valence-corrected chi connectivity index (χ4v) is 2.63. The van der Waals surface area contributed by atoms with Crippen LogP contribution in [0.5, 0.6) is 5.75 Å². The smallest absolute Gasteiger partial charge is 0.222 e. The molecule has 0 aliphatic carbocycles. The van der Waals surface area contributed by atoms with Crippen LogP contribution in [0.3, 0.4) is 0 Å². The monoisotopic (exact) mass is 296 g/mol. The van der Waals surface area contributed by atoms with Gasteiger partial charge in [-0.2, -0.15) is 0 Å². The number of ether oxygens (including phenoxy) is 1. The van der Waals surface area contributed by atoms with Crippen LogP contribution in [0.4, 0.5) is 0 Å². The Balaban J connectivity index is 1.79. The van der Waals surface area contributed by atoms with Gasteiger partial charge in [0.05, 0.1) is 7.11 Å². The Bertz CT molecular complexity index is 459. The molecule has 0 aromatic heterocycles. The number of hydrogen-bond donors (Lipinski definition) is 1. The van der Waals surface area contributed by atoms with Gasteiger partial charge in [-0.25, -0.2) is 0 Å². The van der Waals surface area contributed by atoms with Crippen molar-refractivity contribution in [2.24, 2.45) is 0 Å². The lowest BCUT2D eigenvalue weighted by molar-refractivity contribution is -0.131. The van der Waals surface area contributed by atoms with Crippen molar-refractivity contribution in [1.82, 2.24) is 10.2 Å². The van der Waals surface area contributed by atoms with Gasteiger partial charge in [0, 0.05) is 37.6 Å². The number of hydrogen-bond acceptors (Lipinski definition) is 3. The molecule has 4 nitrogen and oxygen atoms in total. The van der Waals surface area contributed by atoms with Crippen LogP contribution in [0.15, 0.2) is 18.2 Å². The van der Waals surface area contributed by atoms with Gasteiger partial charge in [0.2, 0.25) is 5.91 Å². The maximum atomic E-state index is 12.0. The maximum absolute atomic E-state index is 12.0. The van der Waals surface area contributed by atoms with Gasteiger partial charge in [-0.05, 0) is 30.5 Å². The molecule has 1 aliphatic heterocycles. The van der Waals surface area contributed by atoms with Crippen molar-refractivity contribution in [3.63, 3.8) is 0 Å². The van der Waals surface area contributed by atoms with Gasteiger partial charge in [-0.3, -0.25) is 4.79 Å². The second-order valence-corrected chi connectivity index (χ2v) is 5.35. The Hall–Kier alpha value is -1.26. The fraction of sp³-hybridized carbons (Fsp3) is 0.533. The van der Waals surface area contributed by atoms with Gasteiger partial charge in [0.15, 0.2) is 0 Å². The second-order valence-electron chi connectivity index (χ2n) is 4.94. The zero-order chi connectivity index (χ0) is 14.4. The van der Waals surface area contributed by atoms with Crippen LogP contribution < -0.4 is 10.1 Å². The quantitative estimate of drug-likeness (QED) is 0.905. The molecule has 1 aromatic rings. The highest BCUT2D eigenvalue weighted by Gasteiger charge is 2.15. The number of amides is 1. The van der Waals surface area contributed by atoms with Gasteiger partial charge in [-0.1, -0.05) is 17.7 Å². The first-order valence-corrected chi connectivity index (χ1v) is 7.39. The zero-order valence-electron chi connectivity index (χ0n) is 11.8. The van der Waals surface area contributed by atoms with Crippen molar-refractivity contribution >= 4 is 17.5 Å². The Labute approximate surface area is 125 Å². The van der Waals surface area contributed by atoms with Crippen molar-refractivity contribution in [2.75, 3.05) is 33.3 Å². The topological polar surface area (TPSA) is 41.6 Å². The van der Waals surface area contributed by atoms with Crippen molar-refractivity contribution in [3.8, 4) is 5.75 Å². The predicted molar refractivity (Wildman–Crippen MR) is 80.4 cm³/mol. The molecule has 1 heterocycles. The van der Waals surface area contributed by atoms with Crippen molar-refractivity contribution < 1.29 is 9.53 Å². The molecule has 1 N–H and O–H groups in total. The van der Waals surface area contributed by atoms with Crippen LogP contribution >= 0.6 is 11.6 Å². The van der Waals surface area contributed by atoms with Crippen LogP contribution in [0.25, 0.3) is 0 Å². The Morgan fingerprint density at radius 3 is 2.80 bits per heavy atom. The third-order valence-corrected chi connectivity index (χ3v) is 3.92. The maximum Gasteiger partial charge on any atom is 0.222 e. The molecule has 0 spiro atoms. The average molecular weight is 297 g/mol. The SMILES string of the molecule is COc1ccc(CCCC(=O)N2CCNCC2)c(Cl)c1. The van der Waals surface area contributed by atoms with E-state index < -0.39 is 0 Å². The largest absolute Gasteiger partial charge is 0.497 e. The van der Waals surface area contributed by atoms with E-state index in [4.69, 9.17) is 16.3 Å². The average Bonchev–Trinajstić information content (AvgIpc) is 2.49. The number of carbonyl (C=O) groups is 1. The molecule has 2 rings (SSSR count). The Morgan fingerprint density at radius 1 is 1.40 bits per heavy atom. The third-order valence-electron chi connectivity index (χ3n) is 3.57. The highest BCUT2D eigenvalue weighted by Crippen LogP contribution is 2.23. The third kappa shape index (κ3) is 4.12. The van der Waals surface area contributed by atoms with Crippen LogP contribution in [-0.4, -0.2) is 44.1 Å². The molecule has 20 heavy (non-hydrogen) atoms. The van der Waals surface area contributed by atoms with E-state index in [2.05, 4.69) is 5.32 Å². The van der Waals surface area contributed by atoms with Gasteiger partial charge in [-0.15, -0.1) is 0 Å². The van der Waals surface area contributed by atoms with E-state index in [1.165, 1.54) is 0 Å². The van der Waals surface area contributed by atoms with Crippen LogP contribution in [-0.2, 0) is 11.2 Å². The number of carbonyl (C=O) groups excluding carboxylic acids is 1. The summed E-state index contributed by atoms with van der Waals surface area (Å²) >= 11 is 6.19. The second kappa shape index (κ2) is 7.50. The summed E-state index contributed by atoms with van der Waals surface area (Å²) < 4.78 is 5.12. The van der Waals surface area contributed by atoms with Crippen molar-refractivity contribution in [3.05, 3.63) is 28.8 Å². The van der Waals surface area contributed by atoms with Gasteiger partial charge < -0.3 is 15.0 Å². The lowest BCUT2D eigenvalue weighted by atomic mass is 10.1. The molecule has 5 heteroatoms. The van der Waals surface area contributed by atoms with Gasteiger partial charge in [0.25, 0.3) is 0 Å². The van der Waals surface area contributed by atoms with Crippen LogP contribution in [0.1, 0.15) is 18.4 Å². The molecule has 1 aromatic carbocycles. The molecule has 1 fully saturated rings. The highest BCUT2D eigenvalue weighted by atomic mass is 35.5. The van der Waals surface area contributed by atoms with E-state index in [1.54, 1.807) is 7.11 Å². The highest BCUT2D eigenvalue weighted by molar-refractivity contribution is 6.31. The van der Waals surface area contributed by atoms with E-state index in [0.29, 0.717) is 11.4 Å². The fourth-order valence-electron chi connectivity index (χ4n) is 2.36. The summed E-state index contributed by atoms with van der Waals surface area (Å²) in [5.41, 5.74) is 1.07. The first kappa shape index (κ1) is 15.1. The molecule has 1 saturated heterocycles.